The van der Waals surface area contributed by atoms with Crippen molar-refractivity contribution >= 4 is 29.0 Å². The molecule has 0 saturated heterocycles. The average molecular weight is 511 g/mol. The monoisotopic (exact) mass is 510 g/mol. The van der Waals surface area contributed by atoms with Gasteiger partial charge in [-0.25, -0.2) is 4.98 Å². The summed E-state index contributed by atoms with van der Waals surface area (Å²) in [5.41, 5.74) is 4.36. The van der Waals surface area contributed by atoms with Gasteiger partial charge in [0.1, 0.15) is 16.8 Å². The molecule has 4 aromatic rings. The van der Waals surface area contributed by atoms with Gasteiger partial charge in [0.15, 0.2) is 0 Å². The molecule has 1 amide bonds. The Labute approximate surface area is 218 Å². The van der Waals surface area contributed by atoms with E-state index in [0.29, 0.717) is 38.8 Å². The highest BCUT2D eigenvalue weighted by Crippen LogP contribution is 2.35. The van der Waals surface area contributed by atoms with E-state index in [-0.39, 0.29) is 17.3 Å². The molecule has 37 heavy (non-hydrogen) atoms. The maximum Gasteiger partial charge on any atom is 0.271 e. The molecule has 184 valence electrons. The molecule has 0 fully saturated rings. The number of carbonyl (C=O) groups is 1. The summed E-state index contributed by atoms with van der Waals surface area (Å²) in [6.45, 7) is 1.76. The van der Waals surface area contributed by atoms with Gasteiger partial charge in [0.25, 0.3) is 5.69 Å². The Hall–Kier alpha value is -4.68. The van der Waals surface area contributed by atoms with Gasteiger partial charge >= 0.3 is 0 Å². The van der Waals surface area contributed by atoms with Crippen LogP contribution in [-0.4, -0.2) is 28.7 Å². The summed E-state index contributed by atoms with van der Waals surface area (Å²) in [5, 5.41) is 24.3. The second kappa shape index (κ2) is 11.4. The zero-order valence-corrected chi connectivity index (χ0v) is 20.9. The number of aryl methyl sites for hydroxylation is 1. The highest BCUT2D eigenvalue weighted by molar-refractivity contribution is 8.00. The van der Waals surface area contributed by atoms with Crippen LogP contribution >= 0.6 is 11.8 Å². The van der Waals surface area contributed by atoms with Crippen molar-refractivity contribution in [1.82, 2.24) is 4.98 Å². The van der Waals surface area contributed by atoms with Crippen molar-refractivity contribution in [3.8, 4) is 34.2 Å². The molecule has 0 bridgehead atoms. The highest BCUT2D eigenvalue weighted by atomic mass is 32.2. The molecule has 4 rings (SSSR count). The number of amides is 1. The summed E-state index contributed by atoms with van der Waals surface area (Å²) in [4.78, 5) is 28.1. The van der Waals surface area contributed by atoms with Gasteiger partial charge in [-0.1, -0.05) is 60.3 Å². The molecule has 1 heterocycles. The van der Waals surface area contributed by atoms with Crippen molar-refractivity contribution in [3.63, 3.8) is 0 Å². The van der Waals surface area contributed by atoms with E-state index in [2.05, 4.69) is 11.4 Å². The maximum atomic E-state index is 12.8. The third-order valence-electron chi connectivity index (χ3n) is 5.61. The van der Waals surface area contributed by atoms with E-state index in [0.717, 1.165) is 22.9 Å². The van der Waals surface area contributed by atoms with E-state index in [1.807, 2.05) is 60.7 Å². The minimum absolute atomic E-state index is 0.0376. The molecule has 0 aliphatic carbocycles. The van der Waals surface area contributed by atoms with Crippen molar-refractivity contribution < 1.29 is 14.5 Å². The van der Waals surface area contributed by atoms with E-state index >= 15 is 0 Å². The number of anilines is 1. The first-order valence-electron chi connectivity index (χ1n) is 11.2. The lowest BCUT2D eigenvalue weighted by atomic mass is 9.99. The van der Waals surface area contributed by atoms with Crippen LogP contribution in [-0.2, 0) is 4.79 Å². The van der Waals surface area contributed by atoms with E-state index in [1.54, 1.807) is 20.1 Å². The molecule has 0 spiro atoms. The van der Waals surface area contributed by atoms with Crippen LogP contribution < -0.4 is 10.1 Å². The number of methoxy groups -OCH3 is 1. The first-order valence-corrected chi connectivity index (χ1v) is 12.2. The number of hydrogen-bond donors (Lipinski definition) is 1. The first-order chi connectivity index (χ1) is 17.9. The SMILES string of the molecule is COc1ccc(-c2cc(-c3ccccc3)nc(SCC(=O)Nc3cc([N+](=O)[O-])ccc3C)c2C#N)cc1. The maximum absolute atomic E-state index is 12.8. The number of thioether (sulfide) groups is 1. The smallest absolute Gasteiger partial charge is 0.271 e. The van der Waals surface area contributed by atoms with Crippen LogP contribution in [0.1, 0.15) is 11.1 Å². The Balaban J connectivity index is 1.67. The molecule has 0 aliphatic rings. The van der Waals surface area contributed by atoms with Crippen LogP contribution in [0.15, 0.2) is 83.9 Å². The zero-order chi connectivity index (χ0) is 26.4. The number of pyridine rings is 1. The zero-order valence-electron chi connectivity index (χ0n) is 20.1. The number of rotatable bonds is 8. The summed E-state index contributed by atoms with van der Waals surface area (Å²) >= 11 is 1.14. The Morgan fingerprint density at radius 3 is 2.46 bits per heavy atom. The fraction of sp³-hybridized carbons (Fsp3) is 0.107. The predicted octanol–water partition coefficient (Wildman–Crippen LogP) is 6.24. The lowest BCUT2D eigenvalue weighted by Crippen LogP contribution is -2.15. The number of carbonyl (C=O) groups excluding carboxylic acids is 1. The molecule has 0 saturated carbocycles. The quantitative estimate of drug-likeness (QED) is 0.169. The predicted molar refractivity (Wildman–Crippen MR) is 144 cm³/mol. The largest absolute Gasteiger partial charge is 0.497 e. The topological polar surface area (TPSA) is 118 Å². The molecule has 3 aromatic carbocycles. The van der Waals surface area contributed by atoms with E-state index < -0.39 is 4.92 Å². The lowest BCUT2D eigenvalue weighted by molar-refractivity contribution is -0.384. The number of ether oxygens (including phenoxy) is 1. The normalized spacial score (nSPS) is 10.4. The summed E-state index contributed by atoms with van der Waals surface area (Å²) in [7, 11) is 1.59. The standard InChI is InChI=1S/C28H22N4O4S/c1-18-8-11-21(32(34)35)14-25(18)30-27(33)17-37-28-24(16-29)23(19-9-12-22(36-2)13-10-19)15-26(31-28)20-6-4-3-5-7-20/h3-15H,17H2,1-2H3,(H,30,33). The van der Waals surface area contributed by atoms with Crippen molar-refractivity contribution in [2.45, 2.75) is 11.9 Å². The first kappa shape index (κ1) is 25.4. The van der Waals surface area contributed by atoms with Crippen molar-refractivity contribution in [3.05, 3.63) is 100 Å². The Bertz CT molecular complexity index is 1500. The molecule has 9 heteroatoms. The van der Waals surface area contributed by atoms with Crippen LogP contribution in [0.25, 0.3) is 22.4 Å². The van der Waals surface area contributed by atoms with Gasteiger partial charge < -0.3 is 10.1 Å². The summed E-state index contributed by atoms with van der Waals surface area (Å²) in [6, 6.07) is 25.4. The van der Waals surface area contributed by atoms with E-state index in [1.165, 1.54) is 12.1 Å². The minimum Gasteiger partial charge on any atom is -0.497 e. The summed E-state index contributed by atoms with van der Waals surface area (Å²) < 4.78 is 5.26. The molecular formula is C28H22N4O4S. The number of nitrogens with one attached hydrogen (secondary N) is 1. The van der Waals surface area contributed by atoms with Crippen LogP contribution in [0.3, 0.4) is 0 Å². The van der Waals surface area contributed by atoms with E-state index in [9.17, 15) is 20.2 Å². The number of nitrogens with zero attached hydrogens (tertiary/aromatic N) is 3. The van der Waals surface area contributed by atoms with Crippen LogP contribution in [0.5, 0.6) is 5.75 Å². The molecule has 1 aromatic heterocycles. The Morgan fingerprint density at radius 1 is 1.08 bits per heavy atom. The number of nitro benzene ring substituents is 1. The van der Waals surface area contributed by atoms with Gasteiger partial charge in [0.05, 0.1) is 34.7 Å². The molecule has 0 aliphatic heterocycles. The van der Waals surface area contributed by atoms with Crippen LogP contribution in [0, 0.1) is 28.4 Å². The average Bonchev–Trinajstić information content (AvgIpc) is 2.93. The molecule has 0 radical (unpaired) electrons. The second-order valence-corrected chi connectivity index (χ2v) is 9.00. The van der Waals surface area contributed by atoms with Gasteiger partial charge in [0, 0.05) is 23.3 Å². The number of aromatic nitrogens is 1. The molecule has 8 nitrogen and oxygen atoms in total. The second-order valence-electron chi connectivity index (χ2n) is 8.03. The van der Waals surface area contributed by atoms with Gasteiger partial charge in [-0.15, -0.1) is 0 Å². The number of benzene rings is 3. The Kier molecular flexibility index (Phi) is 7.81. The molecule has 1 N–H and O–H groups in total. The summed E-state index contributed by atoms with van der Waals surface area (Å²) in [6.07, 6.45) is 0. The van der Waals surface area contributed by atoms with Crippen LogP contribution in [0.4, 0.5) is 11.4 Å². The van der Waals surface area contributed by atoms with Crippen molar-refractivity contribution in [2.24, 2.45) is 0 Å². The fourth-order valence-corrected chi connectivity index (χ4v) is 4.47. The Morgan fingerprint density at radius 2 is 1.81 bits per heavy atom. The van der Waals surface area contributed by atoms with Gasteiger partial charge in [-0.05, 0) is 36.2 Å². The van der Waals surface area contributed by atoms with Gasteiger partial charge in [-0.2, -0.15) is 5.26 Å². The van der Waals surface area contributed by atoms with Gasteiger partial charge in [0.2, 0.25) is 5.91 Å². The third-order valence-corrected chi connectivity index (χ3v) is 6.59. The number of nitriles is 1. The van der Waals surface area contributed by atoms with Crippen molar-refractivity contribution in [2.75, 3.05) is 18.2 Å². The van der Waals surface area contributed by atoms with Gasteiger partial charge in [-0.3, -0.25) is 14.9 Å². The highest BCUT2D eigenvalue weighted by Gasteiger charge is 2.18. The van der Waals surface area contributed by atoms with E-state index in [4.69, 9.17) is 9.72 Å². The molecule has 0 unspecified atom stereocenters. The van der Waals surface area contributed by atoms with Crippen molar-refractivity contribution in [1.29, 1.82) is 5.26 Å². The molecular weight excluding hydrogens is 488 g/mol. The number of non-ortho nitro benzene ring substituents is 1. The minimum atomic E-state index is -0.511. The summed E-state index contributed by atoms with van der Waals surface area (Å²) in [5.74, 6) is 0.294. The van der Waals surface area contributed by atoms with Crippen LogP contribution in [0.2, 0.25) is 0 Å². The third kappa shape index (κ3) is 5.94. The number of nitro groups is 1. The number of hydrogen-bond acceptors (Lipinski definition) is 7. The lowest BCUT2D eigenvalue weighted by Gasteiger charge is -2.13. The fourth-order valence-electron chi connectivity index (χ4n) is 3.67. The molecule has 0 atom stereocenters.